The Hall–Kier alpha value is -1.55. The summed E-state index contributed by atoms with van der Waals surface area (Å²) in [7, 11) is 0. The van der Waals surface area contributed by atoms with Crippen LogP contribution in [-0.4, -0.2) is 35.7 Å². The van der Waals surface area contributed by atoms with Crippen LogP contribution in [0.25, 0.3) is 0 Å². The van der Waals surface area contributed by atoms with E-state index in [0.717, 1.165) is 26.1 Å². The molecule has 3 atom stereocenters. The summed E-state index contributed by atoms with van der Waals surface area (Å²) in [6.45, 7) is 8.95. The molecule has 24 heavy (non-hydrogen) atoms. The van der Waals surface area contributed by atoms with E-state index >= 15 is 0 Å². The molecule has 132 valence electrons. The van der Waals surface area contributed by atoms with Gasteiger partial charge in [-0.3, -0.25) is 4.90 Å². The average Bonchev–Trinajstić information content (AvgIpc) is 2.90. The molecule has 2 fully saturated rings. The van der Waals surface area contributed by atoms with Crippen molar-refractivity contribution in [2.24, 2.45) is 11.8 Å². The molecule has 0 radical (unpaired) electrons. The van der Waals surface area contributed by atoms with E-state index in [1.54, 1.807) is 0 Å². The molecule has 2 aliphatic rings. The summed E-state index contributed by atoms with van der Waals surface area (Å²) < 4.78 is 5.45. The van der Waals surface area contributed by atoms with Crippen LogP contribution >= 0.6 is 0 Å². The van der Waals surface area contributed by atoms with E-state index in [4.69, 9.17) is 4.74 Å². The summed E-state index contributed by atoms with van der Waals surface area (Å²) >= 11 is 0. The van der Waals surface area contributed by atoms with Crippen LogP contribution in [-0.2, 0) is 11.3 Å². The average molecular weight is 330 g/mol. The highest BCUT2D eigenvalue weighted by atomic mass is 16.6. The molecular formula is C20H30N2O2. The van der Waals surface area contributed by atoms with Crippen molar-refractivity contribution < 1.29 is 9.53 Å². The molecule has 1 N–H and O–H groups in total. The first-order valence-corrected chi connectivity index (χ1v) is 9.16. The number of nitrogens with one attached hydrogen (secondary N) is 1. The van der Waals surface area contributed by atoms with Crippen LogP contribution in [0.15, 0.2) is 30.3 Å². The van der Waals surface area contributed by atoms with Gasteiger partial charge in [0.25, 0.3) is 0 Å². The van der Waals surface area contributed by atoms with Crippen molar-refractivity contribution in [1.29, 1.82) is 0 Å². The molecule has 0 unspecified atom stereocenters. The molecule has 4 heteroatoms. The zero-order chi connectivity index (χ0) is 17.2. The standard InChI is InChI=1S/C20H30N2O2/c1-20(2,3)24-19(23)21-18-11-7-10-16-13-22(14-17(16)18)12-15-8-5-4-6-9-15/h4-6,8-9,16-18H,7,10-14H2,1-3H3,(H,21,23)/t16-,17-,18-/m0/s1. The van der Waals surface area contributed by atoms with E-state index in [2.05, 4.69) is 40.5 Å². The van der Waals surface area contributed by atoms with Gasteiger partial charge in [0, 0.05) is 25.7 Å². The van der Waals surface area contributed by atoms with E-state index in [0.29, 0.717) is 11.8 Å². The van der Waals surface area contributed by atoms with Crippen LogP contribution in [0.2, 0.25) is 0 Å². The number of carbonyl (C=O) groups excluding carboxylic acids is 1. The van der Waals surface area contributed by atoms with E-state index in [1.165, 1.54) is 18.4 Å². The SMILES string of the molecule is CC(C)(C)OC(=O)N[C@H]1CCC[C@H]2CN(Cc3ccccc3)C[C@@H]21. The lowest BCUT2D eigenvalue weighted by Gasteiger charge is -2.34. The van der Waals surface area contributed by atoms with Crippen molar-refractivity contribution in [2.45, 2.75) is 58.2 Å². The first-order chi connectivity index (χ1) is 11.4. The first kappa shape index (κ1) is 17.3. The molecule has 1 amide bonds. The summed E-state index contributed by atoms with van der Waals surface area (Å²) in [6, 6.07) is 10.9. The zero-order valence-corrected chi connectivity index (χ0v) is 15.1. The smallest absolute Gasteiger partial charge is 0.407 e. The fourth-order valence-electron chi connectivity index (χ4n) is 4.17. The Morgan fingerprint density at radius 3 is 2.67 bits per heavy atom. The number of hydrogen-bond acceptors (Lipinski definition) is 3. The molecular weight excluding hydrogens is 300 g/mol. The predicted molar refractivity (Wildman–Crippen MR) is 95.7 cm³/mol. The fraction of sp³-hybridized carbons (Fsp3) is 0.650. The summed E-state index contributed by atoms with van der Waals surface area (Å²) in [5, 5.41) is 3.14. The molecule has 1 saturated heterocycles. The maximum atomic E-state index is 12.1. The number of nitrogens with zero attached hydrogens (tertiary/aromatic N) is 1. The first-order valence-electron chi connectivity index (χ1n) is 9.16. The van der Waals surface area contributed by atoms with Crippen LogP contribution in [0.4, 0.5) is 4.79 Å². The monoisotopic (exact) mass is 330 g/mol. The molecule has 0 spiro atoms. The number of ether oxygens (including phenoxy) is 1. The third kappa shape index (κ3) is 4.50. The molecule has 1 heterocycles. The highest BCUT2D eigenvalue weighted by Crippen LogP contribution is 2.37. The minimum atomic E-state index is -0.437. The quantitative estimate of drug-likeness (QED) is 0.916. The van der Waals surface area contributed by atoms with Gasteiger partial charge in [-0.1, -0.05) is 36.8 Å². The molecule has 1 aliphatic carbocycles. The summed E-state index contributed by atoms with van der Waals surface area (Å²) in [6.07, 6.45) is 3.28. The van der Waals surface area contributed by atoms with Crippen LogP contribution in [0.5, 0.6) is 0 Å². The molecule has 1 aromatic rings. The highest BCUT2D eigenvalue weighted by molar-refractivity contribution is 5.68. The predicted octanol–water partition coefficient (Wildman–Crippen LogP) is 3.81. The van der Waals surface area contributed by atoms with Gasteiger partial charge in [-0.2, -0.15) is 0 Å². The molecule has 1 saturated carbocycles. The Balaban J connectivity index is 1.58. The summed E-state index contributed by atoms with van der Waals surface area (Å²) in [4.78, 5) is 14.7. The lowest BCUT2D eigenvalue weighted by atomic mass is 9.78. The van der Waals surface area contributed by atoms with E-state index in [1.807, 2.05) is 20.8 Å². The molecule has 1 aliphatic heterocycles. The Morgan fingerprint density at radius 1 is 1.21 bits per heavy atom. The molecule has 1 aromatic carbocycles. The number of alkyl carbamates (subject to hydrolysis) is 1. The van der Waals surface area contributed by atoms with Gasteiger partial charge in [0.1, 0.15) is 5.60 Å². The maximum Gasteiger partial charge on any atom is 0.407 e. The van der Waals surface area contributed by atoms with Gasteiger partial charge in [0.05, 0.1) is 0 Å². The number of amides is 1. The normalized spacial score (nSPS) is 27.5. The Morgan fingerprint density at radius 2 is 1.96 bits per heavy atom. The third-order valence-corrected chi connectivity index (χ3v) is 5.13. The van der Waals surface area contributed by atoms with Crippen molar-refractivity contribution >= 4 is 6.09 Å². The fourth-order valence-corrected chi connectivity index (χ4v) is 4.17. The van der Waals surface area contributed by atoms with Crippen LogP contribution in [0.1, 0.15) is 45.6 Å². The van der Waals surface area contributed by atoms with Gasteiger partial charge in [0.2, 0.25) is 0 Å². The number of likely N-dealkylation sites (tertiary alicyclic amines) is 1. The Bertz CT molecular complexity index is 553. The van der Waals surface area contributed by atoms with Crippen molar-refractivity contribution in [1.82, 2.24) is 10.2 Å². The van der Waals surface area contributed by atoms with Gasteiger partial charge in [-0.15, -0.1) is 0 Å². The van der Waals surface area contributed by atoms with E-state index in [9.17, 15) is 4.79 Å². The van der Waals surface area contributed by atoms with E-state index < -0.39 is 5.60 Å². The van der Waals surface area contributed by atoms with Crippen LogP contribution in [0, 0.1) is 11.8 Å². The minimum absolute atomic E-state index is 0.249. The van der Waals surface area contributed by atoms with Gasteiger partial charge in [0.15, 0.2) is 0 Å². The number of benzene rings is 1. The molecule has 3 rings (SSSR count). The second-order valence-corrected chi connectivity index (χ2v) is 8.29. The van der Waals surface area contributed by atoms with E-state index in [-0.39, 0.29) is 12.1 Å². The maximum absolute atomic E-state index is 12.1. The van der Waals surface area contributed by atoms with Crippen LogP contribution in [0.3, 0.4) is 0 Å². The molecule has 4 nitrogen and oxygen atoms in total. The number of carbonyl (C=O) groups is 1. The number of hydrogen-bond donors (Lipinski definition) is 1. The summed E-state index contributed by atoms with van der Waals surface area (Å²) in [5.74, 6) is 1.25. The van der Waals surface area contributed by atoms with Gasteiger partial charge in [-0.25, -0.2) is 4.79 Å². The van der Waals surface area contributed by atoms with Crippen molar-refractivity contribution in [3.05, 3.63) is 35.9 Å². The lowest BCUT2D eigenvalue weighted by molar-refractivity contribution is 0.0460. The Kier molecular flexibility index (Phi) is 5.14. The molecule has 0 aromatic heterocycles. The molecule has 0 bridgehead atoms. The van der Waals surface area contributed by atoms with Gasteiger partial charge >= 0.3 is 6.09 Å². The highest BCUT2D eigenvalue weighted by Gasteiger charge is 2.41. The van der Waals surface area contributed by atoms with Crippen molar-refractivity contribution in [3.8, 4) is 0 Å². The zero-order valence-electron chi connectivity index (χ0n) is 15.1. The minimum Gasteiger partial charge on any atom is -0.444 e. The Labute approximate surface area is 145 Å². The van der Waals surface area contributed by atoms with Gasteiger partial charge in [-0.05, 0) is 51.0 Å². The van der Waals surface area contributed by atoms with Gasteiger partial charge < -0.3 is 10.1 Å². The second-order valence-electron chi connectivity index (χ2n) is 8.29. The third-order valence-electron chi connectivity index (χ3n) is 5.13. The largest absolute Gasteiger partial charge is 0.444 e. The topological polar surface area (TPSA) is 41.6 Å². The summed E-state index contributed by atoms with van der Waals surface area (Å²) in [5.41, 5.74) is 0.931. The number of fused-ring (bicyclic) bond motifs is 1. The van der Waals surface area contributed by atoms with Crippen LogP contribution < -0.4 is 5.32 Å². The van der Waals surface area contributed by atoms with Crippen molar-refractivity contribution in [3.63, 3.8) is 0 Å². The second kappa shape index (κ2) is 7.14. The number of rotatable bonds is 3. The lowest BCUT2D eigenvalue weighted by Crippen LogP contribution is -2.47. The van der Waals surface area contributed by atoms with Crippen molar-refractivity contribution in [2.75, 3.05) is 13.1 Å².